The highest BCUT2D eigenvalue weighted by molar-refractivity contribution is 6.35. The van der Waals surface area contributed by atoms with E-state index in [1.54, 1.807) is 4.90 Å². The number of Topliss-reactive ketones (excluding diaryl/α,β-unsaturated/α-hetero) is 1. The van der Waals surface area contributed by atoms with Crippen LogP contribution in [0.3, 0.4) is 0 Å². The van der Waals surface area contributed by atoms with Crippen LogP contribution in [-0.2, 0) is 19.1 Å². The molecule has 2 heterocycles. The van der Waals surface area contributed by atoms with Crippen molar-refractivity contribution in [2.45, 2.75) is 26.3 Å². The summed E-state index contributed by atoms with van der Waals surface area (Å²) in [7, 11) is 0. The number of nitrogens with zero attached hydrogens (tertiary/aromatic N) is 2. The van der Waals surface area contributed by atoms with Crippen LogP contribution in [0, 0.1) is 5.92 Å². The summed E-state index contributed by atoms with van der Waals surface area (Å²) in [5.41, 5.74) is 0. The minimum atomic E-state index is -0.563. The molecule has 0 aliphatic carbocycles. The molecule has 19 heavy (non-hydrogen) atoms. The van der Waals surface area contributed by atoms with Crippen LogP contribution < -0.4 is 0 Å². The highest BCUT2D eigenvalue weighted by Crippen LogP contribution is 2.15. The van der Waals surface area contributed by atoms with E-state index in [9.17, 15) is 14.4 Å². The zero-order valence-electron chi connectivity index (χ0n) is 11.4. The molecule has 0 aromatic heterocycles. The molecule has 2 fully saturated rings. The van der Waals surface area contributed by atoms with Crippen LogP contribution in [0.15, 0.2) is 0 Å². The fraction of sp³-hybridized carbons (Fsp3) is 0.769. The smallest absolute Gasteiger partial charge is 0.312 e. The maximum absolute atomic E-state index is 12.0. The van der Waals surface area contributed by atoms with Crippen LogP contribution >= 0.6 is 0 Å². The number of rotatable bonds is 4. The number of ether oxygens (including phenoxy) is 1. The van der Waals surface area contributed by atoms with Crippen LogP contribution in [-0.4, -0.2) is 66.3 Å². The molecular weight excluding hydrogens is 248 g/mol. The molecule has 6 heteroatoms. The standard InChI is InChI=1S/C13H20N2O4/c1-9(2)15-5-4-14(12(17)13(15)18)7-11(16)10-3-6-19-8-10/h9-10H,3-8H2,1-2H3. The van der Waals surface area contributed by atoms with Crippen LogP contribution in [0.1, 0.15) is 20.3 Å². The van der Waals surface area contributed by atoms with Crippen molar-refractivity contribution in [3.8, 4) is 0 Å². The molecule has 0 spiro atoms. The maximum atomic E-state index is 12.0. The molecule has 6 nitrogen and oxygen atoms in total. The Bertz CT molecular complexity index is 388. The molecule has 2 amide bonds. The minimum Gasteiger partial charge on any atom is -0.381 e. The van der Waals surface area contributed by atoms with Gasteiger partial charge in [0.1, 0.15) is 0 Å². The number of hydrogen-bond donors (Lipinski definition) is 0. The van der Waals surface area contributed by atoms with Crippen LogP contribution in [0.2, 0.25) is 0 Å². The number of piperazine rings is 1. The summed E-state index contributed by atoms with van der Waals surface area (Å²) >= 11 is 0. The molecule has 1 atom stereocenters. The SMILES string of the molecule is CC(C)N1CCN(CC(=O)C2CCOC2)C(=O)C1=O. The highest BCUT2D eigenvalue weighted by atomic mass is 16.5. The summed E-state index contributed by atoms with van der Waals surface area (Å²) in [6.07, 6.45) is 0.715. The Morgan fingerprint density at radius 2 is 2.05 bits per heavy atom. The number of carbonyl (C=O) groups is 3. The Balaban J connectivity index is 1.93. The van der Waals surface area contributed by atoms with E-state index in [2.05, 4.69) is 0 Å². The first kappa shape index (κ1) is 14.0. The second kappa shape index (κ2) is 5.69. The fourth-order valence-corrected chi connectivity index (χ4v) is 2.44. The molecule has 2 aliphatic heterocycles. The van der Waals surface area contributed by atoms with Crippen molar-refractivity contribution < 1.29 is 19.1 Å². The highest BCUT2D eigenvalue weighted by Gasteiger charge is 2.35. The fourth-order valence-electron chi connectivity index (χ4n) is 2.44. The Kier molecular flexibility index (Phi) is 4.19. The molecule has 1 unspecified atom stereocenters. The molecule has 0 N–H and O–H groups in total. The quantitative estimate of drug-likeness (QED) is 0.655. The number of amides is 2. The Morgan fingerprint density at radius 1 is 1.32 bits per heavy atom. The Morgan fingerprint density at radius 3 is 2.63 bits per heavy atom. The van der Waals surface area contributed by atoms with Gasteiger partial charge in [0.25, 0.3) is 0 Å². The first-order valence-corrected chi connectivity index (χ1v) is 6.71. The van der Waals surface area contributed by atoms with E-state index >= 15 is 0 Å². The van der Waals surface area contributed by atoms with Crippen LogP contribution in [0.5, 0.6) is 0 Å². The summed E-state index contributed by atoms with van der Waals surface area (Å²) in [4.78, 5) is 38.7. The molecule has 2 aliphatic rings. The van der Waals surface area contributed by atoms with E-state index < -0.39 is 11.8 Å². The molecule has 0 bridgehead atoms. The number of hydrogen-bond acceptors (Lipinski definition) is 4. The van der Waals surface area contributed by atoms with Gasteiger partial charge in [0, 0.05) is 31.7 Å². The topological polar surface area (TPSA) is 66.9 Å². The van der Waals surface area contributed by atoms with Crippen molar-refractivity contribution in [3.63, 3.8) is 0 Å². The van der Waals surface area contributed by atoms with Gasteiger partial charge >= 0.3 is 11.8 Å². The van der Waals surface area contributed by atoms with E-state index in [4.69, 9.17) is 4.74 Å². The normalized spacial score (nSPS) is 24.5. The second-order valence-electron chi connectivity index (χ2n) is 5.35. The lowest BCUT2D eigenvalue weighted by atomic mass is 10.0. The van der Waals surface area contributed by atoms with Crippen molar-refractivity contribution >= 4 is 17.6 Å². The third-order valence-electron chi connectivity index (χ3n) is 3.70. The van der Waals surface area contributed by atoms with Gasteiger partial charge in [0.15, 0.2) is 5.78 Å². The van der Waals surface area contributed by atoms with Crippen molar-refractivity contribution in [1.82, 2.24) is 9.80 Å². The lowest BCUT2D eigenvalue weighted by molar-refractivity contribution is -0.158. The first-order valence-electron chi connectivity index (χ1n) is 6.71. The molecular formula is C13H20N2O4. The van der Waals surface area contributed by atoms with Gasteiger partial charge in [-0.15, -0.1) is 0 Å². The molecule has 2 saturated heterocycles. The van der Waals surface area contributed by atoms with Gasteiger partial charge in [-0.3, -0.25) is 14.4 Å². The molecule has 106 valence electrons. The van der Waals surface area contributed by atoms with E-state index in [0.29, 0.717) is 32.7 Å². The summed E-state index contributed by atoms with van der Waals surface area (Å²) < 4.78 is 5.16. The average Bonchev–Trinajstić information content (AvgIpc) is 2.88. The third-order valence-corrected chi connectivity index (χ3v) is 3.70. The van der Waals surface area contributed by atoms with Crippen molar-refractivity contribution in [1.29, 1.82) is 0 Å². The van der Waals surface area contributed by atoms with Crippen molar-refractivity contribution in [3.05, 3.63) is 0 Å². The van der Waals surface area contributed by atoms with Crippen molar-refractivity contribution in [2.24, 2.45) is 5.92 Å². The average molecular weight is 268 g/mol. The molecule has 0 saturated carbocycles. The summed E-state index contributed by atoms with van der Waals surface area (Å²) in [5.74, 6) is -1.19. The van der Waals surface area contributed by atoms with Gasteiger partial charge in [-0.25, -0.2) is 0 Å². The number of ketones is 1. The van der Waals surface area contributed by atoms with Gasteiger partial charge in [-0.05, 0) is 20.3 Å². The first-order chi connectivity index (χ1) is 9.00. The molecule has 2 rings (SSSR count). The minimum absolute atomic E-state index is 0.00310. The van der Waals surface area contributed by atoms with Gasteiger partial charge in [-0.2, -0.15) is 0 Å². The van der Waals surface area contributed by atoms with Gasteiger partial charge in [0.2, 0.25) is 0 Å². The number of carbonyl (C=O) groups excluding carboxylic acids is 3. The zero-order valence-corrected chi connectivity index (χ0v) is 11.4. The van der Waals surface area contributed by atoms with Crippen LogP contribution in [0.25, 0.3) is 0 Å². The largest absolute Gasteiger partial charge is 0.381 e. The zero-order chi connectivity index (χ0) is 14.0. The summed E-state index contributed by atoms with van der Waals surface area (Å²) in [6.45, 7) is 5.75. The predicted molar refractivity (Wildman–Crippen MR) is 67.4 cm³/mol. The lowest BCUT2D eigenvalue weighted by Gasteiger charge is -2.35. The van der Waals surface area contributed by atoms with Crippen molar-refractivity contribution in [2.75, 3.05) is 32.8 Å². The second-order valence-corrected chi connectivity index (χ2v) is 5.35. The Hall–Kier alpha value is -1.43. The maximum Gasteiger partial charge on any atom is 0.312 e. The monoisotopic (exact) mass is 268 g/mol. The Labute approximate surface area is 112 Å². The molecule has 0 aromatic rings. The van der Waals surface area contributed by atoms with Gasteiger partial charge < -0.3 is 14.5 Å². The van der Waals surface area contributed by atoms with Gasteiger partial charge in [0.05, 0.1) is 13.2 Å². The molecule has 0 aromatic carbocycles. The lowest BCUT2D eigenvalue weighted by Crippen LogP contribution is -2.57. The third kappa shape index (κ3) is 2.94. The van der Waals surface area contributed by atoms with E-state index in [1.165, 1.54) is 4.90 Å². The summed E-state index contributed by atoms with van der Waals surface area (Å²) in [6, 6.07) is 0.0116. The van der Waals surface area contributed by atoms with Gasteiger partial charge in [-0.1, -0.05) is 0 Å². The molecule has 0 radical (unpaired) electrons. The van der Waals surface area contributed by atoms with E-state index in [-0.39, 0.29) is 24.3 Å². The van der Waals surface area contributed by atoms with E-state index in [1.807, 2.05) is 13.8 Å². The predicted octanol–water partition coefficient (Wildman–Crippen LogP) is -0.329. The summed E-state index contributed by atoms with van der Waals surface area (Å²) in [5, 5.41) is 0. The van der Waals surface area contributed by atoms with E-state index in [0.717, 1.165) is 0 Å². The van der Waals surface area contributed by atoms with Crippen LogP contribution in [0.4, 0.5) is 0 Å².